The van der Waals surface area contributed by atoms with Gasteiger partial charge in [0.1, 0.15) is 0 Å². The largest absolute Gasteiger partial charge is 0.400 e. The predicted molar refractivity (Wildman–Crippen MR) is 33.6 cm³/mol. The maximum absolute atomic E-state index is 10.1. The van der Waals surface area contributed by atoms with Gasteiger partial charge in [-0.3, -0.25) is 4.79 Å². The van der Waals surface area contributed by atoms with Gasteiger partial charge in [-0.2, -0.15) is 0 Å². The minimum absolute atomic E-state index is 0.106. The van der Waals surface area contributed by atoms with Crippen LogP contribution in [0.5, 0.6) is 0 Å². The van der Waals surface area contributed by atoms with E-state index in [4.69, 9.17) is 5.11 Å². The summed E-state index contributed by atoms with van der Waals surface area (Å²) in [5.74, 6) is 0.106. The highest BCUT2D eigenvalue weighted by molar-refractivity contribution is 5.88. The fourth-order valence-electron chi connectivity index (χ4n) is 0.144. The molecule has 0 rings (SSSR count). The van der Waals surface area contributed by atoms with Crippen molar-refractivity contribution in [2.24, 2.45) is 0 Å². The van der Waals surface area contributed by atoms with Crippen molar-refractivity contribution in [2.45, 2.75) is 13.3 Å². The number of ketones is 1. The summed E-state index contributed by atoms with van der Waals surface area (Å²) in [5.41, 5.74) is 0. The summed E-state index contributed by atoms with van der Waals surface area (Å²) in [6, 6.07) is 0. The molecule has 0 aliphatic carbocycles. The molecule has 0 saturated carbocycles. The molecule has 0 radical (unpaired) electrons. The maximum Gasteiger partial charge on any atom is 0.154 e. The van der Waals surface area contributed by atoms with Crippen LogP contribution in [0.3, 0.4) is 0 Å². The molecule has 0 spiro atoms. The summed E-state index contributed by atoms with van der Waals surface area (Å²) in [7, 11) is 1.00. The smallest absolute Gasteiger partial charge is 0.154 e. The molecule has 0 amide bonds. The topological polar surface area (TPSA) is 37.3 Å². The van der Waals surface area contributed by atoms with E-state index in [0.717, 1.165) is 7.11 Å². The zero-order valence-corrected chi connectivity index (χ0v) is 5.35. The Kier molecular flexibility index (Phi) is 12.5. The van der Waals surface area contributed by atoms with Gasteiger partial charge in [0.15, 0.2) is 5.78 Å². The Bertz CT molecular complexity index is 66.9. The van der Waals surface area contributed by atoms with Gasteiger partial charge in [0.2, 0.25) is 0 Å². The number of aliphatic hydroxyl groups excluding tert-OH is 1. The zero-order chi connectivity index (χ0) is 6.99. The van der Waals surface area contributed by atoms with Crippen molar-refractivity contribution in [1.82, 2.24) is 0 Å². The second-order valence-electron chi connectivity index (χ2n) is 1.02. The van der Waals surface area contributed by atoms with Crippen LogP contribution >= 0.6 is 0 Å². The Morgan fingerprint density at radius 1 is 1.75 bits per heavy atom. The highest BCUT2D eigenvalue weighted by atomic mass is 16.2. The lowest BCUT2D eigenvalue weighted by molar-refractivity contribution is -0.114. The second-order valence-corrected chi connectivity index (χ2v) is 1.02. The molecule has 2 heteroatoms. The highest BCUT2D eigenvalue weighted by Crippen LogP contribution is 1.76. The van der Waals surface area contributed by atoms with Gasteiger partial charge in [0.05, 0.1) is 0 Å². The van der Waals surface area contributed by atoms with Crippen molar-refractivity contribution < 1.29 is 9.90 Å². The van der Waals surface area contributed by atoms with E-state index >= 15 is 0 Å². The highest BCUT2D eigenvalue weighted by Gasteiger charge is 1.81. The summed E-state index contributed by atoms with van der Waals surface area (Å²) >= 11 is 0. The summed E-state index contributed by atoms with van der Waals surface area (Å²) in [6.45, 7) is 5.09. The van der Waals surface area contributed by atoms with E-state index in [1.54, 1.807) is 0 Å². The quantitative estimate of drug-likeness (QED) is 0.541. The number of allylic oxidation sites excluding steroid dienone is 1. The van der Waals surface area contributed by atoms with Crippen LogP contribution in [0.15, 0.2) is 12.7 Å². The van der Waals surface area contributed by atoms with Crippen molar-refractivity contribution in [3.8, 4) is 0 Å². The van der Waals surface area contributed by atoms with Crippen LogP contribution in [0, 0.1) is 0 Å². The molecule has 1 N–H and O–H groups in total. The molecule has 2 nitrogen and oxygen atoms in total. The van der Waals surface area contributed by atoms with Crippen molar-refractivity contribution in [1.29, 1.82) is 0 Å². The van der Waals surface area contributed by atoms with Crippen LogP contribution < -0.4 is 0 Å². The van der Waals surface area contributed by atoms with Gasteiger partial charge in [0.25, 0.3) is 0 Å². The molecular formula is C6H12O2. The van der Waals surface area contributed by atoms with Gasteiger partial charge in [-0.05, 0) is 6.08 Å². The van der Waals surface area contributed by atoms with E-state index in [1.165, 1.54) is 6.08 Å². The van der Waals surface area contributed by atoms with Gasteiger partial charge in [-0.25, -0.2) is 0 Å². The Balaban J connectivity index is 0. The maximum atomic E-state index is 10.1. The molecule has 0 aromatic carbocycles. The fourth-order valence-corrected chi connectivity index (χ4v) is 0.144. The first kappa shape index (κ1) is 10.4. The minimum Gasteiger partial charge on any atom is -0.400 e. The molecule has 48 valence electrons. The van der Waals surface area contributed by atoms with Crippen LogP contribution in [0.4, 0.5) is 0 Å². The first-order valence-electron chi connectivity index (χ1n) is 2.41. The molecule has 0 unspecified atom stereocenters. The van der Waals surface area contributed by atoms with Crippen LogP contribution in [0.2, 0.25) is 0 Å². The molecule has 8 heavy (non-hydrogen) atoms. The van der Waals surface area contributed by atoms with E-state index in [-0.39, 0.29) is 5.78 Å². The molecular weight excluding hydrogens is 104 g/mol. The van der Waals surface area contributed by atoms with E-state index in [0.29, 0.717) is 6.42 Å². The number of aliphatic hydroxyl groups is 1. The standard InChI is InChI=1S/C5H8O.CH4O/c1-3-5(6)4-2;1-2/h3H,1,4H2,2H3;2H,1H3. The Morgan fingerprint density at radius 3 is 2.12 bits per heavy atom. The van der Waals surface area contributed by atoms with Crippen LogP contribution in [-0.4, -0.2) is 18.0 Å². The summed E-state index contributed by atoms with van der Waals surface area (Å²) in [5, 5.41) is 7.00. The van der Waals surface area contributed by atoms with Crippen molar-refractivity contribution in [3.05, 3.63) is 12.7 Å². The molecule has 0 bridgehead atoms. The van der Waals surface area contributed by atoms with Crippen molar-refractivity contribution in [2.75, 3.05) is 7.11 Å². The summed E-state index contributed by atoms with van der Waals surface area (Å²) in [4.78, 5) is 10.1. The molecule has 0 aromatic rings. The number of carbonyl (C=O) groups is 1. The third kappa shape index (κ3) is 9.03. The molecule has 0 fully saturated rings. The Labute approximate surface area is 49.8 Å². The summed E-state index contributed by atoms with van der Waals surface area (Å²) in [6.07, 6.45) is 1.91. The van der Waals surface area contributed by atoms with E-state index < -0.39 is 0 Å². The van der Waals surface area contributed by atoms with Gasteiger partial charge < -0.3 is 5.11 Å². The SMILES string of the molecule is C=CC(=O)CC.CO. The Morgan fingerprint density at radius 2 is 2.12 bits per heavy atom. The van der Waals surface area contributed by atoms with Gasteiger partial charge >= 0.3 is 0 Å². The monoisotopic (exact) mass is 116 g/mol. The minimum atomic E-state index is 0.106. The van der Waals surface area contributed by atoms with E-state index in [9.17, 15) is 4.79 Å². The molecule has 0 aromatic heterocycles. The van der Waals surface area contributed by atoms with Gasteiger partial charge in [-0.1, -0.05) is 13.5 Å². The first-order chi connectivity index (χ1) is 3.81. The Hall–Kier alpha value is -0.630. The zero-order valence-electron chi connectivity index (χ0n) is 5.35. The predicted octanol–water partition coefficient (Wildman–Crippen LogP) is 0.760. The van der Waals surface area contributed by atoms with Gasteiger partial charge in [0, 0.05) is 13.5 Å². The third-order valence-electron chi connectivity index (χ3n) is 0.576. The second kappa shape index (κ2) is 9.62. The molecule has 0 atom stereocenters. The molecule has 0 aliphatic rings. The average molecular weight is 116 g/mol. The fraction of sp³-hybridized carbons (Fsp3) is 0.500. The van der Waals surface area contributed by atoms with E-state index in [1.807, 2.05) is 6.92 Å². The third-order valence-corrected chi connectivity index (χ3v) is 0.576. The van der Waals surface area contributed by atoms with Crippen LogP contribution in [0.25, 0.3) is 0 Å². The average Bonchev–Trinajstić information content (AvgIpc) is 1.91. The molecule has 0 aliphatic heterocycles. The van der Waals surface area contributed by atoms with Gasteiger partial charge in [-0.15, -0.1) is 0 Å². The van der Waals surface area contributed by atoms with Crippen LogP contribution in [0.1, 0.15) is 13.3 Å². The lowest BCUT2D eigenvalue weighted by Crippen LogP contribution is -1.83. The van der Waals surface area contributed by atoms with E-state index in [2.05, 4.69) is 6.58 Å². The first-order valence-corrected chi connectivity index (χ1v) is 2.41. The number of hydrogen-bond donors (Lipinski definition) is 1. The number of hydrogen-bond acceptors (Lipinski definition) is 2. The number of carbonyl (C=O) groups excluding carboxylic acids is 1. The number of rotatable bonds is 2. The molecule has 0 heterocycles. The van der Waals surface area contributed by atoms with Crippen molar-refractivity contribution in [3.63, 3.8) is 0 Å². The molecule has 0 saturated heterocycles. The van der Waals surface area contributed by atoms with Crippen LogP contribution in [-0.2, 0) is 4.79 Å². The van der Waals surface area contributed by atoms with Crippen molar-refractivity contribution >= 4 is 5.78 Å². The normalized spacial score (nSPS) is 6.38. The lowest BCUT2D eigenvalue weighted by atomic mass is 10.3. The lowest BCUT2D eigenvalue weighted by Gasteiger charge is -1.75. The summed E-state index contributed by atoms with van der Waals surface area (Å²) < 4.78 is 0.